The van der Waals surface area contributed by atoms with Gasteiger partial charge < -0.3 is 19.9 Å². The molecular formula is C18H25N5O3. The monoisotopic (exact) mass is 359 g/mol. The SMILES string of the molecule is CC(C)NC(=O)OC1CCC(c2cc(Nc3cccn(C)c3=O)n[nH]2)C1. The van der Waals surface area contributed by atoms with Gasteiger partial charge in [-0.3, -0.25) is 9.89 Å². The number of carbonyl (C=O) groups excluding carboxylic acids is 1. The number of H-pyrrole nitrogens is 1. The largest absolute Gasteiger partial charge is 0.446 e. The van der Waals surface area contributed by atoms with E-state index in [0.29, 0.717) is 11.5 Å². The highest BCUT2D eigenvalue weighted by atomic mass is 16.6. The molecule has 2 atom stereocenters. The van der Waals surface area contributed by atoms with Crippen LogP contribution in [0.5, 0.6) is 0 Å². The average Bonchev–Trinajstić information content (AvgIpc) is 3.20. The number of nitrogens with one attached hydrogen (secondary N) is 3. The third-order valence-electron chi connectivity index (χ3n) is 4.49. The molecule has 2 heterocycles. The number of anilines is 2. The van der Waals surface area contributed by atoms with Crippen molar-refractivity contribution in [3.63, 3.8) is 0 Å². The number of amides is 1. The minimum absolute atomic E-state index is 0.0617. The highest BCUT2D eigenvalue weighted by Crippen LogP contribution is 2.36. The van der Waals surface area contributed by atoms with Gasteiger partial charge in [-0.05, 0) is 45.2 Å². The molecule has 140 valence electrons. The van der Waals surface area contributed by atoms with E-state index in [1.54, 1.807) is 25.4 Å². The lowest BCUT2D eigenvalue weighted by Gasteiger charge is -2.14. The van der Waals surface area contributed by atoms with Crippen LogP contribution in [-0.2, 0) is 11.8 Å². The average molecular weight is 359 g/mol. The number of pyridine rings is 1. The summed E-state index contributed by atoms with van der Waals surface area (Å²) in [6.45, 7) is 3.80. The summed E-state index contributed by atoms with van der Waals surface area (Å²) >= 11 is 0. The Balaban J connectivity index is 1.59. The Labute approximate surface area is 151 Å². The smallest absolute Gasteiger partial charge is 0.407 e. The van der Waals surface area contributed by atoms with Gasteiger partial charge in [-0.15, -0.1) is 0 Å². The number of aromatic amines is 1. The van der Waals surface area contributed by atoms with Gasteiger partial charge in [-0.1, -0.05) is 0 Å². The lowest BCUT2D eigenvalue weighted by molar-refractivity contribution is 0.0981. The number of hydrogen-bond donors (Lipinski definition) is 3. The van der Waals surface area contributed by atoms with Crippen molar-refractivity contribution < 1.29 is 9.53 Å². The Morgan fingerprint density at radius 3 is 3.00 bits per heavy atom. The summed E-state index contributed by atoms with van der Waals surface area (Å²) in [4.78, 5) is 23.8. The first kappa shape index (κ1) is 18.0. The van der Waals surface area contributed by atoms with Gasteiger partial charge in [0, 0.05) is 37.0 Å². The number of rotatable bonds is 5. The molecule has 3 rings (SSSR count). The molecule has 0 saturated heterocycles. The van der Waals surface area contributed by atoms with E-state index in [9.17, 15) is 9.59 Å². The van der Waals surface area contributed by atoms with E-state index in [1.165, 1.54) is 4.57 Å². The van der Waals surface area contributed by atoms with Crippen molar-refractivity contribution >= 4 is 17.6 Å². The van der Waals surface area contributed by atoms with E-state index >= 15 is 0 Å². The third kappa shape index (κ3) is 4.25. The highest BCUT2D eigenvalue weighted by molar-refractivity contribution is 5.67. The van der Waals surface area contributed by atoms with Gasteiger partial charge in [0.25, 0.3) is 5.56 Å². The van der Waals surface area contributed by atoms with E-state index in [0.717, 1.165) is 25.0 Å². The molecular weight excluding hydrogens is 334 g/mol. The van der Waals surface area contributed by atoms with Gasteiger partial charge in [0.2, 0.25) is 0 Å². The molecule has 2 unspecified atom stereocenters. The van der Waals surface area contributed by atoms with Gasteiger partial charge in [-0.2, -0.15) is 5.10 Å². The number of carbonyl (C=O) groups is 1. The van der Waals surface area contributed by atoms with Gasteiger partial charge >= 0.3 is 6.09 Å². The zero-order chi connectivity index (χ0) is 18.7. The van der Waals surface area contributed by atoms with Crippen LogP contribution in [0.2, 0.25) is 0 Å². The number of nitrogens with zero attached hydrogens (tertiary/aromatic N) is 2. The first-order valence-electron chi connectivity index (χ1n) is 8.87. The number of aryl methyl sites for hydroxylation is 1. The maximum Gasteiger partial charge on any atom is 0.407 e. The van der Waals surface area contributed by atoms with Crippen molar-refractivity contribution in [1.29, 1.82) is 0 Å². The molecule has 0 spiro atoms. The minimum Gasteiger partial charge on any atom is -0.446 e. The summed E-state index contributed by atoms with van der Waals surface area (Å²) in [6, 6.07) is 5.50. The molecule has 3 N–H and O–H groups in total. The van der Waals surface area contributed by atoms with Gasteiger partial charge in [0.15, 0.2) is 5.82 Å². The molecule has 1 aliphatic rings. The van der Waals surface area contributed by atoms with Crippen LogP contribution in [0.3, 0.4) is 0 Å². The lowest BCUT2D eigenvalue weighted by atomic mass is 10.0. The summed E-state index contributed by atoms with van der Waals surface area (Å²) in [5, 5.41) is 13.1. The van der Waals surface area contributed by atoms with Crippen molar-refractivity contribution in [3.8, 4) is 0 Å². The van der Waals surface area contributed by atoms with Crippen molar-refractivity contribution in [2.24, 2.45) is 7.05 Å². The molecule has 1 aliphatic carbocycles. The van der Waals surface area contributed by atoms with Crippen LogP contribution in [0.1, 0.15) is 44.7 Å². The fourth-order valence-corrected chi connectivity index (χ4v) is 3.19. The van der Waals surface area contributed by atoms with Crippen molar-refractivity contribution in [1.82, 2.24) is 20.1 Å². The standard InChI is InChI=1S/C18H25N5O3/c1-11(2)19-18(25)26-13-7-6-12(9-13)15-10-16(22-21-15)20-14-5-4-8-23(3)17(14)24/h4-5,8,10-13H,6-7,9H2,1-3H3,(H,19,25)(H2,20,21,22). The van der Waals surface area contributed by atoms with Gasteiger partial charge in [0.1, 0.15) is 11.8 Å². The molecule has 8 nitrogen and oxygen atoms in total. The number of alkyl carbamates (subject to hydrolysis) is 1. The molecule has 2 aromatic rings. The number of ether oxygens (including phenoxy) is 1. The second-order valence-corrected chi connectivity index (χ2v) is 7.01. The second kappa shape index (κ2) is 7.63. The zero-order valence-corrected chi connectivity index (χ0v) is 15.3. The zero-order valence-electron chi connectivity index (χ0n) is 15.3. The summed E-state index contributed by atoms with van der Waals surface area (Å²) < 4.78 is 6.97. The van der Waals surface area contributed by atoms with Gasteiger partial charge in [-0.25, -0.2) is 4.79 Å². The molecule has 0 bridgehead atoms. The molecule has 8 heteroatoms. The Bertz CT molecular complexity index is 826. The molecule has 0 aromatic carbocycles. The second-order valence-electron chi connectivity index (χ2n) is 7.01. The number of aromatic nitrogens is 3. The molecule has 1 amide bonds. The van der Waals surface area contributed by atoms with E-state index in [4.69, 9.17) is 4.74 Å². The molecule has 2 aromatic heterocycles. The van der Waals surface area contributed by atoms with Crippen LogP contribution in [0.15, 0.2) is 29.2 Å². The Hall–Kier alpha value is -2.77. The van der Waals surface area contributed by atoms with Gasteiger partial charge in [0.05, 0.1) is 0 Å². The quantitative estimate of drug-likeness (QED) is 0.762. The lowest BCUT2D eigenvalue weighted by Crippen LogP contribution is -2.33. The summed E-state index contributed by atoms with van der Waals surface area (Å²) in [7, 11) is 1.71. The van der Waals surface area contributed by atoms with Crippen LogP contribution in [0.25, 0.3) is 0 Å². The molecule has 0 aliphatic heterocycles. The van der Waals surface area contributed by atoms with E-state index in [1.807, 2.05) is 19.9 Å². The molecule has 1 fully saturated rings. The fraction of sp³-hybridized carbons (Fsp3) is 0.500. The Morgan fingerprint density at radius 1 is 1.42 bits per heavy atom. The van der Waals surface area contributed by atoms with E-state index < -0.39 is 0 Å². The van der Waals surface area contributed by atoms with Crippen LogP contribution in [0, 0.1) is 0 Å². The fourth-order valence-electron chi connectivity index (χ4n) is 3.19. The van der Waals surface area contributed by atoms with Crippen molar-refractivity contribution in [3.05, 3.63) is 40.4 Å². The Kier molecular flexibility index (Phi) is 5.29. The maximum absolute atomic E-state index is 12.1. The predicted octanol–water partition coefficient (Wildman–Crippen LogP) is 2.62. The molecule has 1 saturated carbocycles. The first-order chi connectivity index (χ1) is 12.4. The van der Waals surface area contributed by atoms with Crippen LogP contribution < -0.4 is 16.2 Å². The minimum atomic E-state index is -0.363. The molecule has 26 heavy (non-hydrogen) atoms. The van der Waals surface area contributed by atoms with E-state index in [-0.39, 0.29) is 29.7 Å². The van der Waals surface area contributed by atoms with Crippen LogP contribution >= 0.6 is 0 Å². The normalized spacial score (nSPS) is 19.5. The van der Waals surface area contributed by atoms with Crippen LogP contribution in [-0.4, -0.2) is 33.0 Å². The molecule has 0 radical (unpaired) electrons. The summed E-state index contributed by atoms with van der Waals surface area (Å²) in [5.74, 6) is 0.860. The van der Waals surface area contributed by atoms with E-state index in [2.05, 4.69) is 20.8 Å². The maximum atomic E-state index is 12.1. The Morgan fingerprint density at radius 2 is 2.23 bits per heavy atom. The highest BCUT2D eigenvalue weighted by Gasteiger charge is 2.30. The van der Waals surface area contributed by atoms with Crippen molar-refractivity contribution in [2.45, 2.75) is 51.2 Å². The number of hydrogen-bond acceptors (Lipinski definition) is 5. The predicted molar refractivity (Wildman–Crippen MR) is 98.7 cm³/mol. The summed E-state index contributed by atoms with van der Waals surface area (Å²) in [6.07, 6.45) is 3.78. The topological polar surface area (TPSA) is 101 Å². The van der Waals surface area contributed by atoms with Crippen LogP contribution in [0.4, 0.5) is 16.3 Å². The summed E-state index contributed by atoms with van der Waals surface area (Å²) in [5.41, 5.74) is 1.35. The third-order valence-corrected chi connectivity index (χ3v) is 4.49. The van der Waals surface area contributed by atoms with Crippen molar-refractivity contribution in [2.75, 3.05) is 5.32 Å². The first-order valence-corrected chi connectivity index (χ1v) is 8.87.